The molecule has 0 bridgehead atoms. The number of fused-ring (bicyclic) bond motifs is 1. The number of nitrogens with one attached hydrogen (secondary N) is 1. The minimum absolute atomic E-state index is 0.0728. The molecule has 1 amide bonds. The molecular weight excluding hydrogens is 460 g/mol. The van der Waals surface area contributed by atoms with Gasteiger partial charge in [0.25, 0.3) is 5.91 Å². The molecule has 5 nitrogen and oxygen atoms in total. The van der Waals surface area contributed by atoms with Crippen LogP contribution in [0.3, 0.4) is 0 Å². The minimum Gasteiger partial charge on any atom is -0.481 e. The predicted octanol–water partition coefficient (Wildman–Crippen LogP) is 5.60. The first-order chi connectivity index (χ1) is 18.1. The highest BCUT2D eigenvalue weighted by Crippen LogP contribution is 2.38. The Labute approximate surface area is 220 Å². The maximum Gasteiger partial charge on any atom is 0.261 e. The summed E-state index contributed by atoms with van der Waals surface area (Å²) >= 11 is 0. The molecule has 2 aliphatic rings. The lowest BCUT2D eigenvalue weighted by Crippen LogP contribution is -2.41. The molecule has 1 fully saturated rings. The number of carbonyl (C=O) groups is 1. The molecule has 5 rings (SSSR count). The molecule has 0 spiro atoms. The van der Waals surface area contributed by atoms with Crippen molar-refractivity contribution in [1.29, 1.82) is 0 Å². The highest BCUT2D eigenvalue weighted by atomic mass is 16.5. The number of hydrogen-bond acceptors (Lipinski definition) is 4. The van der Waals surface area contributed by atoms with E-state index < -0.39 is 6.10 Å². The lowest BCUT2D eigenvalue weighted by atomic mass is 9.87. The molecule has 2 aliphatic heterocycles. The molecule has 3 atom stereocenters. The van der Waals surface area contributed by atoms with Gasteiger partial charge in [-0.2, -0.15) is 0 Å². The fraction of sp³-hybridized carbons (Fsp3) is 0.406. The molecule has 1 N–H and O–H groups in total. The Morgan fingerprint density at radius 2 is 1.97 bits per heavy atom. The molecule has 3 aromatic rings. The van der Waals surface area contributed by atoms with E-state index in [1.807, 2.05) is 13.0 Å². The summed E-state index contributed by atoms with van der Waals surface area (Å²) in [4.78, 5) is 15.5. The SMILES string of the molecule is CC[C@H](Oc1ccc2c(c1)[C@@H](c1ccccc1)N(Cc1cccc(C)c1)CC2)C(=O)NC[C@H]1CCCO1. The van der Waals surface area contributed by atoms with Crippen LogP contribution in [0.5, 0.6) is 5.75 Å². The van der Waals surface area contributed by atoms with Crippen molar-refractivity contribution in [2.45, 2.75) is 64.3 Å². The number of hydrogen-bond donors (Lipinski definition) is 1. The molecular formula is C32H38N2O3. The van der Waals surface area contributed by atoms with E-state index in [0.29, 0.717) is 13.0 Å². The van der Waals surface area contributed by atoms with Crippen molar-refractivity contribution in [2.75, 3.05) is 19.7 Å². The average molecular weight is 499 g/mol. The molecule has 1 saturated heterocycles. The highest BCUT2D eigenvalue weighted by Gasteiger charge is 2.30. The van der Waals surface area contributed by atoms with Crippen molar-refractivity contribution >= 4 is 5.91 Å². The van der Waals surface area contributed by atoms with Gasteiger partial charge in [-0.25, -0.2) is 0 Å². The molecule has 0 saturated carbocycles. The second-order valence-electron chi connectivity index (χ2n) is 10.3. The minimum atomic E-state index is -0.526. The number of carbonyl (C=O) groups excluding carboxylic acids is 1. The number of aryl methyl sites for hydroxylation is 1. The van der Waals surface area contributed by atoms with Crippen molar-refractivity contribution in [1.82, 2.24) is 10.2 Å². The van der Waals surface area contributed by atoms with Gasteiger partial charge in [-0.05, 0) is 67.0 Å². The zero-order valence-electron chi connectivity index (χ0n) is 22.0. The van der Waals surface area contributed by atoms with Crippen LogP contribution in [-0.4, -0.2) is 42.7 Å². The van der Waals surface area contributed by atoms with E-state index in [1.54, 1.807) is 0 Å². The molecule has 37 heavy (non-hydrogen) atoms. The number of nitrogens with zero attached hydrogens (tertiary/aromatic N) is 1. The van der Waals surface area contributed by atoms with E-state index in [9.17, 15) is 4.79 Å². The van der Waals surface area contributed by atoms with Crippen LogP contribution in [-0.2, 0) is 22.5 Å². The summed E-state index contributed by atoms with van der Waals surface area (Å²) in [7, 11) is 0. The smallest absolute Gasteiger partial charge is 0.261 e. The van der Waals surface area contributed by atoms with Crippen molar-refractivity contribution in [3.63, 3.8) is 0 Å². The van der Waals surface area contributed by atoms with Gasteiger partial charge < -0.3 is 14.8 Å². The summed E-state index contributed by atoms with van der Waals surface area (Å²) in [5.41, 5.74) is 6.49. The first kappa shape index (κ1) is 25.5. The zero-order chi connectivity index (χ0) is 25.6. The summed E-state index contributed by atoms with van der Waals surface area (Å²) in [5, 5.41) is 3.03. The van der Waals surface area contributed by atoms with Crippen LogP contribution in [0, 0.1) is 6.92 Å². The van der Waals surface area contributed by atoms with Gasteiger partial charge in [-0.3, -0.25) is 9.69 Å². The van der Waals surface area contributed by atoms with Gasteiger partial charge in [0.05, 0.1) is 12.1 Å². The van der Waals surface area contributed by atoms with Crippen molar-refractivity contribution in [2.24, 2.45) is 0 Å². The lowest BCUT2D eigenvalue weighted by molar-refractivity contribution is -0.128. The van der Waals surface area contributed by atoms with Gasteiger partial charge in [0.2, 0.25) is 0 Å². The van der Waals surface area contributed by atoms with Crippen molar-refractivity contribution in [3.8, 4) is 5.75 Å². The fourth-order valence-corrected chi connectivity index (χ4v) is 5.58. The molecule has 2 heterocycles. The van der Waals surface area contributed by atoms with Gasteiger partial charge in [0.15, 0.2) is 6.10 Å². The lowest BCUT2D eigenvalue weighted by Gasteiger charge is -2.38. The Hall–Kier alpha value is -3.15. The van der Waals surface area contributed by atoms with Gasteiger partial charge in [0.1, 0.15) is 5.75 Å². The maximum atomic E-state index is 12.9. The first-order valence-corrected chi connectivity index (χ1v) is 13.6. The van der Waals surface area contributed by atoms with E-state index in [0.717, 1.165) is 44.7 Å². The second kappa shape index (κ2) is 11.9. The van der Waals surface area contributed by atoms with Crippen molar-refractivity contribution < 1.29 is 14.3 Å². The topological polar surface area (TPSA) is 50.8 Å². The number of benzene rings is 3. The zero-order valence-corrected chi connectivity index (χ0v) is 22.0. The van der Waals surface area contributed by atoms with Gasteiger partial charge in [-0.1, -0.05) is 73.2 Å². The second-order valence-corrected chi connectivity index (χ2v) is 10.3. The van der Waals surface area contributed by atoms with Crippen LogP contribution in [0.25, 0.3) is 0 Å². The van der Waals surface area contributed by atoms with E-state index in [2.05, 4.69) is 83.9 Å². The predicted molar refractivity (Wildman–Crippen MR) is 147 cm³/mol. The quantitative estimate of drug-likeness (QED) is 0.418. The molecule has 194 valence electrons. The molecule has 0 unspecified atom stereocenters. The molecule has 5 heteroatoms. The fourth-order valence-electron chi connectivity index (χ4n) is 5.58. The Bertz CT molecular complexity index is 1190. The Morgan fingerprint density at radius 1 is 1.11 bits per heavy atom. The molecule has 0 aromatic heterocycles. The third kappa shape index (κ3) is 6.23. The summed E-state index contributed by atoms with van der Waals surface area (Å²) in [6, 6.07) is 26.0. The number of ether oxygens (including phenoxy) is 2. The first-order valence-electron chi connectivity index (χ1n) is 13.6. The Balaban J connectivity index is 1.38. The average Bonchev–Trinajstić information content (AvgIpc) is 3.44. The Kier molecular flexibility index (Phi) is 8.22. The summed E-state index contributed by atoms with van der Waals surface area (Å²) < 4.78 is 11.9. The third-order valence-electron chi connectivity index (χ3n) is 7.50. The molecule has 0 aliphatic carbocycles. The van der Waals surface area contributed by atoms with E-state index in [1.165, 1.54) is 27.8 Å². The summed E-state index contributed by atoms with van der Waals surface area (Å²) in [6.07, 6.45) is 3.26. The van der Waals surface area contributed by atoms with Crippen LogP contribution in [0.4, 0.5) is 0 Å². The molecule has 0 radical (unpaired) electrons. The van der Waals surface area contributed by atoms with Crippen LogP contribution in [0.15, 0.2) is 72.8 Å². The maximum absolute atomic E-state index is 12.9. The van der Waals surface area contributed by atoms with Crippen LogP contribution < -0.4 is 10.1 Å². The monoisotopic (exact) mass is 498 g/mol. The Morgan fingerprint density at radius 3 is 2.73 bits per heavy atom. The van der Waals surface area contributed by atoms with Gasteiger partial charge >= 0.3 is 0 Å². The summed E-state index contributed by atoms with van der Waals surface area (Å²) in [6.45, 7) is 7.35. The molecule has 3 aromatic carbocycles. The third-order valence-corrected chi connectivity index (χ3v) is 7.50. The van der Waals surface area contributed by atoms with Gasteiger partial charge in [0, 0.05) is 26.2 Å². The van der Waals surface area contributed by atoms with Crippen LogP contribution in [0.2, 0.25) is 0 Å². The largest absolute Gasteiger partial charge is 0.481 e. The number of rotatable bonds is 9. The van der Waals surface area contributed by atoms with Crippen LogP contribution in [0.1, 0.15) is 60.0 Å². The number of amides is 1. The van der Waals surface area contributed by atoms with Gasteiger partial charge in [-0.15, -0.1) is 0 Å². The van der Waals surface area contributed by atoms with E-state index in [4.69, 9.17) is 9.47 Å². The van der Waals surface area contributed by atoms with Crippen molar-refractivity contribution in [3.05, 3.63) is 101 Å². The van der Waals surface area contributed by atoms with E-state index >= 15 is 0 Å². The standard InChI is InChI=1S/C32H38N2O3/c1-3-30(32(35)33-21-28-13-8-18-36-28)37-27-15-14-25-16-17-34(22-24-10-7-9-23(2)19-24)31(29(25)20-27)26-11-5-4-6-12-26/h4-7,9-12,14-15,19-20,28,30-31H,3,8,13,16-18,21-22H2,1-2H3,(H,33,35)/t28-,30+,31-/m1/s1. The summed E-state index contributed by atoms with van der Waals surface area (Å²) in [5.74, 6) is 0.674. The van der Waals surface area contributed by atoms with E-state index in [-0.39, 0.29) is 18.1 Å². The van der Waals surface area contributed by atoms with Crippen LogP contribution >= 0.6 is 0 Å². The highest BCUT2D eigenvalue weighted by molar-refractivity contribution is 5.81. The normalized spacial score (nSPS) is 20.3.